The smallest absolute Gasteiger partial charge is 0.338 e. The van der Waals surface area contributed by atoms with Crippen LogP contribution in [0.15, 0.2) is 42.5 Å². The summed E-state index contributed by atoms with van der Waals surface area (Å²) in [5, 5.41) is 0. The predicted molar refractivity (Wildman–Crippen MR) is 66.3 cm³/mol. The number of esters is 1. The lowest BCUT2D eigenvalue weighted by atomic mass is 10.2. The molecule has 2 rings (SSSR count). The van der Waals surface area contributed by atoms with Crippen molar-refractivity contribution in [1.82, 2.24) is 0 Å². The molecule has 0 atom stereocenters. The summed E-state index contributed by atoms with van der Waals surface area (Å²) >= 11 is 0. The van der Waals surface area contributed by atoms with Gasteiger partial charge in [0.2, 0.25) is 0 Å². The van der Waals surface area contributed by atoms with E-state index in [9.17, 15) is 13.6 Å². The number of nitrogens with two attached hydrogens (primary N) is 1. The first-order valence-corrected chi connectivity index (χ1v) is 5.52. The Labute approximate surface area is 108 Å². The van der Waals surface area contributed by atoms with E-state index in [1.165, 1.54) is 24.3 Å². The molecule has 0 heterocycles. The Morgan fingerprint density at radius 3 is 2.58 bits per heavy atom. The second-order valence-electron chi connectivity index (χ2n) is 3.98. The third-order valence-corrected chi connectivity index (χ3v) is 2.41. The van der Waals surface area contributed by atoms with Gasteiger partial charge in [-0.05, 0) is 35.9 Å². The lowest BCUT2D eigenvalue weighted by molar-refractivity contribution is 0.0472. The van der Waals surface area contributed by atoms with Crippen molar-refractivity contribution in [2.75, 3.05) is 5.73 Å². The quantitative estimate of drug-likeness (QED) is 0.684. The zero-order chi connectivity index (χ0) is 13.8. The van der Waals surface area contributed by atoms with E-state index in [0.29, 0.717) is 5.56 Å². The molecule has 5 heteroatoms. The summed E-state index contributed by atoms with van der Waals surface area (Å²) in [5.74, 6) is -1.74. The minimum atomic E-state index is -0.713. The number of ether oxygens (including phenoxy) is 1. The largest absolute Gasteiger partial charge is 0.457 e. The molecule has 0 bridgehead atoms. The average molecular weight is 263 g/mol. The second-order valence-corrected chi connectivity index (χ2v) is 3.98. The van der Waals surface area contributed by atoms with Crippen molar-refractivity contribution in [1.29, 1.82) is 0 Å². The van der Waals surface area contributed by atoms with Crippen LogP contribution in [0, 0.1) is 11.6 Å². The van der Waals surface area contributed by atoms with E-state index < -0.39 is 17.6 Å². The van der Waals surface area contributed by atoms with Crippen LogP contribution < -0.4 is 5.73 Å². The van der Waals surface area contributed by atoms with E-state index in [1.54, 1.807) is 6.07 Å². The molecule has 98 valence electrons. The first-order chi connectivity index (χ1) is 9.04. The van der Waals surface area contributed by atoms with Gasteiger partial charge in [0.1, 0.15) is 18.2 Å². The second kappa shape index (κ2) is 5.48. The first-order valence-electron chi connectivity index (χ1n) is 5.52. The van der Waals surface area contributed by atoms with Crippen molar-refractivity contribution in [2.24, 2.45) is 0 Å². The van der Waals surface area contributed by atoms with Crippen LogP contribution in [0.5, 0.6) is 0 Å². The van der Waals surface area contributed by atoms with Crippen LogP contribution >= 0.6 is 0 Å². The van der Waals surface area contributed by atoms with Gasteiger partial charge in [-0.1, -0.05) is 12.1 Å². The third kappa shape index (κ3) is 3.51. The Balaban J connectivity index is 2.05. The fourth-order valence-electron chi connectivity index (χ4n) is 1.59. The van der Waals surface area contributed by atoms with Crippen molar-refractivity contribution in [3.8, 4) is 0 Å². The fraction of sp³-hybridized carbons (Fsp3) is 0.0714. The molecule has 0 aliphatic carbocycles. The molecule has 0 amide bonds. The predicted octanol–water partition coefficient (Wildman–Crippen LogP) is 2.90. The first kappa shape index (κ1) is 13.0. The zero-order valence-corrected chi connectivity index (χ0v) is 9.90. The summed E-state index contributed by atoms with van der Waals surface area (Å²) < 4.78 is 30.9. The highest BCUT2D eigenvalue weighted by Crippen LogP contribution is 2.13. The monoisotopic (exact) mass is 263 g/mol. The highest BCUT2D eigenvalue weighted by atomic mass is 19.1. The minimum absolute atomic E-state index is 0.0221. The molecule has 0 saturated heterocycles. The topological polar surface area (TPSA) is 52.3 Å². The number of carbonyl (C=O) groups excluding carboxylic acids is 1. The van der Waals surface area contributed by atoms with Crippen molar-refractivity contribution in [3.05, 3.63) is 65.2 Å². The number of hydrogen-bond acceptors (Lipinski definition) is 3. The van der Waals surface area contributed by atoms with Crippen molar-refractivity contribution in [2.45, 2.75) is 6.61 Å². The van der Waals surface area contributed by atoms with Crippen LogP contribution in [-0.2, 0) is 11.3 Å². The number of benzene rings is 2. The number of anilines is 1. The Bertz CT molecular complexity index is 594. The number of rotatable bonds is 3. The molecule has 0 aromatic heterocycles. The highest BCUT2D eigenvalue weighted by molar-refractivity contribution is 5.90. The molecule has 3 nitrogen and oxygen atoms in total. The molecule has 0 fully saturated rings. The molecular weight excluding hydrogens is 252 g/mol. The van der Waals surface area contributed by atoms with E-state index in [0.717, 1.165) is 12.1 Å². The summed E-state index contributed by atoms with van der Waals surface area (Å²) in [7, 11) is 0. The molecule has 2 aromatic rings. The Kier molecular flexibility index (Phi) is 3.75. The maximum absolute atomic E-state index is 13.1. The number of hydrogen-bond donors (Lipinski definition) is 1. The number of nitrogen functional groups attached to an aromatic ring is 1. The van der Waals surface area contributed by atoms with Gasteiger partial charge >= 0.3 is 5.97 Å². The standard InChI is InChI=1S/C14H11F2NO2/c15-11-3-1-2-9(4-11)8-19-14(18)10-5-12(16)7-13(17)6-10/h1-7H,8,17H2. The van der Waals surface area contributed by atoms with Crippen LogP contribution in [0.25, 0.3) is 0 Å². The molecular formula is C14H11F2NO2. The molecule has 0 saturated carbocycles. The van der Waals surface area contributed by atoms with Gasteiger partial charge in [0.05, 0.1) is 5.56 Å². The number of halogens is 2. The van der Waals surface area contributed by atoms with Crippen LogP contribution in [0.3, 0.4) is 0 Å². The summed E-state index contributed by atoms with van der Waals surface area (Å²) in [6.45, 7) is -0.0903. The van der Waals surface area contributed by atoms with E-state index >= 15 is 0 Å². The lowest BCUT2D eigenvalue weighted by Gasteiger charge is -2.06. The van der Waals surface area contributed by atoms with E-state index in [2.05, 4.69) is 0 Å². The molecule has 2 aromatic carbocycles. The third-order valence-electron chi connectivity index (χ3n) is 2.41. The van der Waals surface area contributed by atoms with Gasteiger partial charge < -0.3 is 10.5 Å². The molecule has 0 spiro atoms. The van der Waals surface area contributed by atoms with E-state index in [1.807, 2.05) is 0 Å². The lowest BCUT2D eigenvalue weighted by Crippen LogP contribution is -2.06. The summed E-state index contributed by atoms with van der Waals surface area (Å²) in [6.07, 6.45) is 0. The normalized spacial score (nSPS) is 10.2. The van der Waals surface area contributed by atoms with Gasteiger partial charge in [-0.3, -0.25) is 0 Å². The molecule has 19 heavy (non-hydrogen) atoms. The van der Waals surface area contributed by atoms with Crippen LogP contribution in [0.4, 0.5) is 14.5 Å². The fourth-order valence-corrected chi connectivity index (χ4v) is 1.59. The maximum atomic E-state index is 13.1. The van der Waals surface area contributed by atoms with Gasteiger partial charge in [0, 0.05) is 5.69 Å². The van der Waals surface area contributed by atoms with Gasteiger partial charge in [-0.25, -0.2) is 13.6 Å². The molecule has 0 aliphatic rings. The maximum Gasteiger partial charge on any atom is 0.338 e. The van der Waals surface area contributed by atoms with Crippen molar-refractivity contribution < 1.29 is 18.3 Å². The Morgan fingerprint density at radius 1 is 1.11 bits per heavy atom. The molecule has 0 unspecified atom stereocenters. The zero-order valence-electron chi connectivity index (χ0n) is 9.90. The van der Waals surface area contributed by atoms with Gasteiger partial charge in [0.25, 0.3) is 0 Å². The van der Waals surface area contributed by atoms with Gasteiger partial charge in [-0.15, -0.1) is 0 Å². The van der Waals surface area contributed by atoms with E-state index in [-0.39, 0.29) is 17.9 Å². The summed E-state index contributed by atoms with van der Waals surface area (Å²) in [4.78, 5) is 11.7. The molecule has 2 N–H and O–H groups in total. The number of carbonyl (C=O) groups is 1. The molecule has 0 aliphatic heterocycles. The Morgan fingerprint density at radius 2 is 1.89 bits per heavy atom. The van der Waals surface area contributed by atoms with Crippen molar-refractivity contribution >= 4 is 11.7 Å². The van der Waals surface area contributed by atoms with Crippen LogP contribution in [-0.4, -0.2) is 5.97 Å². The van der Waals surface area contributed by atoms with Crippen molar-refractivity contribution in [3.63, 3.8) is 0 Å². The summed E-state index contributed by atoms with van der Waals surface area (Å²) in [6, 6.07) is 9.13. The van der Waals surface area contributed by atoms with Gasteiger partial charge in [-0.2, -0.15) is 0 Å². The SMILES string of the molecule is Nc1cc(F)cc(C(=O)OCc2cccc(F)c2)c1. The summed E-state index contributed by atoms with van der Waals surface area (Å²) in [5.41, 5.74) is 6.10. The van der Waals surface area contributed by atoms with Crippen LogP contribution in [0.1, 0.15) is 15.9 Å². The van der Waals surface area contributed by atoms with Gasteiger partial charge in [0.15, 0.2) is 0 Å². The average Bonchev–Trinajstić information content (AvgIpc) is 2.35. The highest BCUT2D eigenvalue weighted by Gasteiger charge is 2.10. The molecule has 0 radical (unpaired) electrons. The van der Waals surface area contributed by atoms with E-state index in [4.69, 9.17) is 10.5 Å². The minimum Gasteiger partial charge on any atom is -0.457 e. The van der Waals surface area contributed by atoms with Crippen LogP contribution in [0.2, 0.25) is 0 Å². The Hall–Kier alpha value is -2.43.